The minimum absolute atomic E-state index is 0.343. The number of halogens is 1. The van der Waals surface area contributed by atoms with E-state index in [0.29, 0.717) is 23.5 Å². The van der Waals surface area contributed by atoms with Crippen molar-refractivity contribution in [2.75, 3.05) is 6.61 Å². The number of carbonyl (C=O) groups excluding carboxylic acids is 2. The molecule has 0 bridgehead atoms. The Labute approximate surface area is 139 Å². The lowest BCUT2D eigenvalue weighted by atomic mass is 10.1. The zero-order valence-electron chi connectivity index (χ0n) is 12.5. The fourth-order valence-electron chi connectivity index (χ4n) is 2.57. The van der Waals surface area contributed by atoms with Crippen molar-refractivity contribution in [1.82, 2.24) is 5.32 Å². The molecule has 1 heterocycles. The summed E-state index contributed by atoms with van der Waals surface area (Å²) in [5.74, 6) is -0.280. The summed E-state index contributed by atoms with van der Waals surface area (Å²) in [7, 11) is 0. The van der Waals surface area contributed by atoms with Gasteiger partial charge in [-0.3, -0.25) is 14.9 Å². The molecule has 118 valence electrons. The largest absolute Gasteiger partial charge is 0.493 e. The number of benzene rings is 2. The van der Waals surface area contributed by atoms with Gasteiger partial charge in [-0.2, -0.15) is 0 Å². The van der Waals surface area contributed by atoms with Gasteiger partial charge < -0.3 is 4.74 Å². The lowest BCUT2D eigenvalue weighted by molar-refractivity contribution is 0.0878. The third-order valence-electron chi connectivity index (χ3n) is 3.76. The Hall–Kier alpha value is -2.33. The van der Waals surface area contributed by atoms with Crippen molar-refractivity contribution in [3.8, 4) is 5.75 Å². The zero-order chi connectivity index (χ0) is 16.2. The van der Waals surface area contributed by atoms with Gasteiger partial charge in [0.25, 0.3) is 11.8 Å². The first-order chi connectivity index (χ1) is 11.1. The summed E-state index contributed by atoms with van der Waals surface area (Å²) in [6.07, 6.45) is 2.79. The van der Waals surface area contributed by atoms with Crippen LogP contribution in [0, 0.1) is 0 Å². The first-order valence-corrected chi connectivity index (χ1v) is 7.89. The van der Waals surface area contributed by atoms with E-state index < -0.39 is 0 Å². The fraction of sp³-hybridized carbons (Fsp3) is 0.222. The van der Waals surface area contributed by atoms with Gasteiger partial charge >= 0.3 is 0 Å². The Bertz CT molecular complexity index is 740. The minimum Gasteiger partial charge on any atom is -0.493 e. The molecule has 0 spiro atoms. The molecule has 0 aromatic heterocycles. The predicted molar refractivity (Wildman–Crippen MR) is 88.1 cm³/mol. The van der Waals surface area contributed by atoms with Crippen LogP contribution in [-0.2, 0) is 6.42 Å². The SMILES string of the molecule is O=C1NC(=O)c2c(OCCCCc3ccc(Cl)cc3)cccc21. The molecule has 5 heteroatoms. The van der Waals surface area contributed by atoms with Crippen LogP contribution in [0.25, 0.3) is 0 Å². The van der Waals surface area contributed by atoms with E-state index in [0.717, 1.165) is 24.3 Å². The average Bonchev–Trinajstić information content (AvgIpc) is 2.84. The van der Waals surface area contributed by atoms with E-state index in [1.165, 1.54) is 5.56 Å². The van der Waals surface area contributed by atoms with Gasteiger partial charge in [-0.25, -0.2) is 0 Å². The van der Waals surface area contributed by atoms with Crippen molar-refractivity contribution in [3.63, 3.8) is 0 Å². The van der Waals surface area contributed by atoms with Crippen LogP contribution in [0.15, 0.2) is 42.5 Å². The number of hydrogen-bond acceptors (Lipinski definition) is 3. The quantitative estimate of drug-likeness (QED) is 0.650. The second-order valence-corrected chi connectivity index (χ2v) is 5.83. The Kier molecular flexibility index (Phi) is 4.63. The maximum absolute atomic E-state index is 11.8. The third-order valence-corrected chi connectivity index (χ3v) is 4.01. The second-order valence-electron chi connectivity index (χ2n) is 5.39. The number of unbranched alkanes of at least 4 members (excludes halogenated alkanes) is 1. The van der Waals surface area contributed by atoms with E-state index in [9.17, 15) is 9.59 Å². The van der Waals surface area contributed by atoms with Crippen molar-refractivity contribution < 1.29 is 14.3 Å². The van der Waals surface area contributed by atoms with Gasteiger partial charge in [0.05, 0.1) is 17.7 Å². The molecular formula is C18H16ClNO3. The van der Waals surface area contributed by atoms with Crippen molar-refractivity contribution in [2.24, 2.45) is 0 Å². The molecule has 0 atom stereocenters. The Balaban J connectivity index is 1.51. The number of aryl methyl sites for hydroxylation is 1. The normalized spacial score (nSPS) is 12.9. The van der Waals surface area contributed by atoms with Gasteiger partial charge in [0.2, 0.25) is 0 Å². The molecule has 4 nitrogen and oxygen atoms in total. The maximum Gasteiger partial charge on any atom is 0.262 e. The Morgan fingerprint density at radius 3 is 2.52 bits per heavy atom. The highest BCUT2D eigenvalue weighted by atomic mass is 35.5. The molecule has 1 N–H and O–H groups in total. The Morgan fingerprint density at radius 2 is 1.74 bits per heavy atom. The van der Waals surface area contributed by atoms with Crippen LogP contribution in [0.1, 0.15) is 39.1 Å². The zero-order valence-corrected chi connectivity index (χ0v) is 13.2. The van der Waals surface area contributed by atoms with E-state index >= 15 is 0 Å². The molecule has 1 aliphatic heterocycles. The summed E-state index contributed by atoms with van der Waals surface area (Å²) in [5.41, 5.74) is 1.96. The highest BCUT2D eigenvalue weighted by Gasteiger charge is 2.29. The van der Waals surface area contributed by atoms with Gasteiger partial charge in [0, 0.05) is 5.02 Å². The topological polar surface area (TPSA) is 55.4 Å². The molecule has 0 saturated heterocycles. The average molecular weight is 330 g/mol. The van der Waals surface area contributed by atoms with Crippen LogP contribution < -0.4 is 10.1 Å². The molecular weight excluding hydrogens is 314 g/mol. The molecule has 2 aromatic carbocycles. The van der Waals surface area contributed by atoms with Gasteiger partial charge in [-0.05, 0) is 49.1 Å². The molecule has 3 rings (SSSR count). The summed E-state index contributed by atoms with van der Waals surface area (Å²) in [6.45, 7) is 0.505. The number of amides is 2. The summed E-state index contributed by atoms with van der Waals surface area (Å²) in [5, 5.41) is 3.02. The maximum atomic E-state index is 11.8. The number of ether oxygens (including phenoxy) is 1. The molecule has 0 unspecified atom stereocenters. The highest BCUT2D eigenvalue weighted by Crippen LogP contribution is 2.26. The van der Waals surface area contributed by atoms with Crippen molar-refractivity contribution >= 4 is 23.4 Å². The minimum atomic E-state index is -0.387. The molecule has 2 amide bonds. The standard InChI is InChI=1S/C18H16ClNO3/c19-13-9-7-12(8-10-13)4-1-2-11-23-15-6-3-5-14-16(15)18(22)20-17(14)21/h3,5-10H,1-2,4,11H2,(H,20,21,22). The molecule has 0 saturated carbocycles. The summed E-state index contributed by atoms with van der Waals surface area (Å²) in [6, 6.07) is 12.9. The molecule has 2 aromatic rings. The van der Waals surface area contributed by atoms with Crippen LogP contribution >= 0.6 is 11.6 Å². The van der Waals surface area contributed by atoms with E-state index in [2.05, 4.69) is 5.32 Å². The summed E-state index contributed by atoms with van der Waals surface area (Å²) in [4.78, 5) is 23.4. The number of carbonyl (C=O) groups is 2. The first-order valence-electron chi connectivity index (χ1n) is 7.51. The second kappa shape index (κ2) is 6.84. The van der Waals surface area contributed by atoms with Crippen molar-refractivity contribution in [3.05, 3.63) is 64.2 Å². The summed E-state index contributed by atoms with van der Waals surface area (Å²) < 4.78 is 5.69. The van der Waals surface area contributed by atoms with E-state index in [-0.39, 0.29) is 11.8 Å². The molecule has 0 aliphatic carbocycles. The third kappa shape index (κ3) is 3.54. The summed E-state index contributed by atoms with van der Waals surface area (Å²) >= 11 is 5.86. The van der Waals surface area contributed by atoms with Gasteiger partial charge in [0.15, 0.2) is 0 Å². The van der Waals surface area contributed by atoms with Crippen LogP contribution in [0.5, 0.6) is 5.75 Å². The van der Waals surface area contributed by atoms with Crippen LogP contribution in [0.4, 0.5) is 0 Å². The Morgan fingerprint density at radius 1 is 0.957 bits per heavy atom. The first kappa shape index (κ1) is 15.6. The molecule has 23 heavy (non-hydrogen) atoms. The lowest BCUT2D eigenvalue weighted by Gasteiger charge is -2.09. The van der Waals surface area contributed by atoms with Crippen LogP contribution in [0.2, 0.25) is 5.02 Å². The number of fused-ring (bicyclic) bond motifs is 1. The lowest BCUT2D eigenvalue weighted by Crippen LogP contribution is -2.20. The van der Waals surface area contributed by atoms with Crippen molar-refractivity contribution in [1.29, 1.82) is 0 Å². The molecule has 0 radical (unpaired) electrons. The van der Waals surface area contributed by atoms with E-state index in [4.69, 9.17) is 16.3 Å². The van der Waals surface area contributed by atoms with E-state index in [1.54, 1.807) is 18.2 Å². The van der Waals surface area contributed by atoms with Crippen LogP contribution in [0.3, 0.4) is 0 Å². The molecule has 0 fully saturated rings. The number of nitrogens with one attached hydrogen (secondary N) is 1. The number of imide groups is 1. The van der Waals surface area contributed by atoms with Crippen LogP contribution in [-0.4, -0.2) is 18.4 Å². The number of rotatable bonds is 6. The fourth-order valence-corrected chi connectivity index (χ4v) is 2.70. The number of hydrogen-bond donors (Lipinski definition) is 1. The smallest absolute Gasteiger partial charge is 0.262 e. The molecule has 1 aliphatic rings. The highest BCUT2D eigenvalue weighted by molar-refractivity contribution is 6.30. The van der Waals surface area contributed by atoms with Gasteiger partial charge in [-0.15, -0.1) is 0 Å². The van der Waals surface area contributed by atoms with Gasteiger partial charge in [-0.1, -0.05) is 29.8 Å². The van der Waals surface area contributed by atoms with E-state index in [1.807, 2.05) is 24.3 Å². The van der Waals surface area contributed by atoms with Gasteiger partial charge in [0.1, 0.15) is 5.75 Å². The monoisotopic (exact) mass is 329 g/mol. The van der Waals surface area contributed by atoms with Crippen molar-refractivity contribution in [2.45, 2.75) is 19.3 Å². The predicted octanol–water partition coefficient (Wildman–Crippen LogP) is 3.63.